The van der Waals surface area contributed by atoms with Crippen LogP contribution >= 0.6 is 0 Å². The van der Waals surface area contributed by atoms with Crippen molar-refractivity contribution in [2.45, 2.75) is 0 Å². The number of benzene rings is 2. The van der Waals surface area contributed by atoms with Gasteiger partial charge in [-0.25, -0.2) is 9.97 Å². The molecule has 0 saturated heterocycles. The number of hydrogen-bond donors (Lipinski definition) is 4. The van der Waals surface area contributed by atoms with E-state index in [9.17, 15) is 0 Å². The smallest absolute Gasteiger partial charge is 0.221 e. The van der Waals surface area contributed by atoms with Crippen LogP contribution in [0.1, 0.15) is 0 Å². The van der Waals surface area contributed by atoms with Crippen molar-refractivity contribution >= 4 is 39.9 Å². The third-order valence-electron chi connectivity index (χ3n) is 4.56. The molecule has 5 aromatic rings. The van der Waals surface area contributed by atoms with Gasteiger partial charge in [0.15, 0.2) is 0 Å². The lowest BCUT2D eigenvalue weighted by Crippen LogP contribution is -1.98. The number of pyridine rings is 1. The van der Waals surface area contributed by atoms with Gasteiger partial charge in [0.1, 0.15) is 11.6 Å². The lowest BCUT2D eigenvalue weighted by molar-refractivity contribution is 1.18. The summed E-state index contributed by atoms with van der Waals surface area (Å²) < 4.78 is 0. The largest absolute Gasteiger partial charge is 0.368 e. The van der Waals surface area contributed by atoms with Crippen LogP contribution in [0.4, 0.5) is 28.8 Å². The number of hydrogen-bond acceptors (Lipinski definition) is 7. The third kappa shape index (κ3) is 3.74. The van der Waals surface area contributed by atoms with Gasteiger partial charge in [0, 0.05) is 41.2 Å². The number of nitrogen functional groups attached to an aromatic ring is 1. The van der Waals surface area contributed by atoms with Gasteiger partial charge in [-0.15, -0.1) is 0 Å². The molecule has 0 radical (unpaired) electrons. The SMILES string of the molecule is Nc1nccc(Nc2ccc3nc(-c4ccc(Nc5ccncc5)cc4)[nH]c3c2)n1. The number of fused-ring (bicyclic) bond motifs is 1. The Bertz CT molecular complexity index is 1300. The Kier molecular flexibility index (Phi) is 4.41. The van der Waals surface area contributed by atoms with Crippen molar-refractivity contribution in [3.63, 3.8) is 0 Å². The van der Waals surface area contributed by atoms with E-state index in [-0.39, 0.29) is 5.95 Å². The predicted octanol–water partition coefficient (Wildman–Crippen LogP) is 4.48. The molecule has 8 heteroatoms. The van der Waals surface area contributed by atoms with E-state index in [1.54, 1.807) is 24.7 Å². The number of rotatable bonds is 5. The number of nitrogens with two attached hydrogens (primary N) is 1. The van der Waals surface area contributed by atoms with Crippen molar-refractivity contribution in [2.75, 3.05) is 16.4 Å². The molecule has 3 aromatic heterocycles. The standard InChI is InChI=1S/C22H18N8/c23-22-25-12-9-20(30-22)27-17-5-6-18-19(13-17)29-21(28-18)14-1-3-15(4-2-14)26-16-7-10-24-11-8-16/h1-13H,(H,24,26)(H,28,29)(H3,23,25,27,30). The number of H-pyrrole nitrogens is 1. The van der Waals surface area contributed by atoms with E-state index < -0.39 is 0 Å². The van der Waals surface area contributed by atoms with Crippen LogP contribution in [-0.2, 0) is 0 Å². The average molecular weight is 394 g/mol. The maximum Gasteiger partial charge on any atom is 0.221 e. The molecule has 3 heterocycles. The van der Waals surface area contributed by atoms with Crippen molar-refractivity contribution in [1.29, 1.82) is 0 Å². The molecule has 30 heavy (non-hydrogen) atoms. The highest BCUT2D eigenvalue weighted by molar-refractivity contribution is 5.83. The number of aromatic amines is 1. The molecule has 0 saturated carbocycles. The average Bonchev–Trinajstić information content (AvgIpc) is 3.18. The summed E-state index contributed by atoms with van der Waals surface area (Å²) in [6.45, 7) is 0. The number of anilines is 5. The van der Waals surface area contributed by atoms with Gasteiger partial charge < -0.3 is 21.4 Å². The first-order valence-electron chi connectivity index (χ1n) is 9.36. The van der Waals surface area contributed by atoms with Crippen molar-refractivity contribution in [2.24, 2.45) is 0 Å². The summed E-state index contributed by atoms with van der Waals surface area (Å²) in [6.07, 6.45) is 5.13. The molecule has 0 unspecified atom stereocenters. The molecule has 5 N–H and O–H groups in total. The molecule has 0 aliphatic heterocycles. The molecule has 8 nitrogen and oxygen atoms in total. The highest BCUT2D eigenvalue weighted by atomic mass is 15.1. The summed E-state index contributed by atoms with van der Waals surface area (Å²) in [6, 6.07) is 19.6. The minimum absolute atomic E-state index is 0.228. The maximum absolute atomic E-state index is 5.64. The highest BCUT2D eigenvalue weighted by Crippen LogP contribution is 2.26. The first-order valence-corrected chi connectivity index (χ1v) is 9.36. The Balaban J connectivity index is 1.37. The number of nitrogens with one attached hydrogen (secondary N) is 3. The van der Waals surface area contributed by atoms with Crippen molar-refractivity contribution in [3.8, 4) is 11.4 Å². The molecule has 0 aliphatic carbocycles. The quantitative estimate of drug-likeness (QED) is 0.347. The summed E-state index contributed by atoms with van der Waals surface area (Å²) in [5.74, 6) is 1.68. The van der Waals surface area contributed by atoms with Gasteiger partial charge in [0.25, 0.3) is 0 Å². The fourth-order valence-corrected chi connectivity index (χ4v) is 3.13. The lowest BCUT2D eigenvalue weighted by atomic mass is 10.2. The first-order chi connectivity index (χ1) is 14.7. The van der Waals surface area contributed by atoms with Crippen molar-refractivity contribution in [3.05, 3.63) is 79.3 Å². The fraction of sp³-hybridized carbons (Fsp3) is 0. The Morgan fingerprint density at radius 3 is 2.30 bits per heavy atom. The normalized spacial score (nSPS) is 10.8. The molecule has 0 fully saturated rings. The van der Waals surface area contributed by atoms with Crippen LogP contribution in [0.2, 0.25) is 0 Å². The van der Waals surface area contributed by atoms with Crippen LogP contribution in [0.3, 0.4) is 0 Å². The van der Waals surface area contributed by atoms with Crippen LogP contribution in [0.25, 0.3) is 22.4 Å². The fourth-order valence-electron chi connectivity index (χ4n) is 3.13. The molecular weight excluding hydrogens is 376 g/mol. The van der Waals surface area contributed by atoms with E-state index in [1.807, 2.05) is 54.6 Å². The van der Waals surface area contributed by atoms with E-state index >= 15 is 0 Å². The van der Waals surface area contributed by atoms with Crippen LogP contribution in [0, 0.1) is 0 Å². The number of nitrogens with zero attached hydrogens (tertiary/aromatic N) is 4. The van der Waals surface area contributed by atoms with Gasteiger partial charge in [-0.05, 0) is 60.7 Å². The summed E-state index contributed by atoms with van der Waals surface area (Å²) in [4.78, 5) is 20.2. The van der Waals surface area contributed by atoms with Gasteiger partial charge in [-0.2, -0.15) is 4.98 Å². The van der Waals surface area contributed by atoms with Gasteiger partial charge in [0.05, 0.1) is 11.0 Å². The van der Waals surface area contributed by atoms with Crippen LogP contribution in [0.15, 0.2) is 79.3 Å². The maximum atomic E-state index is 5.64. The second-order valence-corrected chi connectivity index (χ2v) is 6.68. The minimum Gasteiger partial charge on any atom is -0.368 e. The molecule has 0 amide bonds. The Morgan fingerprint density at radius 1 is 0.733 bits per heavy atom. The third-order valence-corrected chi connectivity index (χ3v) is 4.56. The van der Waals surface area contributed by atoms with E-state index in [0.717, 1.165) is 39.5 Å². The van der Waals surface area contributed by atoms with Crippen LogP contribution in [-0.4, -0.2) is 24.9 Å². The first kappa shape index (κ1) is 17.6. The second-order valence-electron chi connectivity index (χ2n) is 6.68. The zero-order chi connectivity index (χ0) is 20.3. The lowest BCUT2D eigenvalue weighted by Gasteiger charge is -2.06. The molecule has 2 aromatic carbocycles. The molecule has 0 aliphatic rings. The van der Waals surface area contributed by atoms with Crippen LogP contribution in [0.5, 0.6) is 0 Å². The zero-order valence-electron chi connectivity index (χ0n) is 15.9. The second kappa shape index (κ2) is 7.51. The molecule has 0 bridgehead atoms. The monoisotopic (exact) mass is 394 g/mol. The summed E-state index contributed by atoms with van der Waals surface area (Å²) in [5, 5.41) is 6.57. The van der Waals surface area contributed by atoms with Crippen molar-refractivity contribution < 1.29 is 0 Å². The van der Waals surface area contributed by atoms with Gasteiger partial charge in [-0.1, -0.05) is 0 Å². The van der Waals surface area contributed by atoms with E-state index in [2.05, 4.69) is 30.6 Å². The van der Waals surface area contributed by atoms with Gasteiger partial charge >= 0.3 is 0 Å². The molecular formula is C22H18N8. The van der Waals surface area contributed by atoms with Gasteiger partial charge in [0.2, 0.25) is 5.95 Å². The summed E-state index contributed by atoms with van der Waals surface area (Å²) in [7, 11) is 0. The van der Waals surface area contributed by atoms with E-state index in [4.69, 9.17) is 10.7 Å². The predicted molar refractivity (Wildman–Crippen MR) is 119 cm³/mol. The van der Waals surface area contributed by atoms with E-state index in [0.29, 0.717) is 5.82 Å². The van der Waals surface area contributed by atoms with Gasteiger partial charge in [-0.3, -0.25) is 4.98 Å². The Morgan fingerprint density at radius 2 is 1.50 bits per heavy atom. The zero-order valence-corrected chi connectivity index (χ0v) is 15.9. The Hall–Kier alpha value is -4.46. The number of aromatic nitrogens is 5. The molecule has 146 valence electrons. The topological polar surface area (TPSA) is 117 Å². The highest BCUT2D eigenvalue weighted by Gasteiger charge is 2.07. The number of imidazole rings is 1. The molecule has 0 atom stereocenters. The van der Waals surface area contributed by atoms with Crippen molar-refractivity contribution in [1.82, 2.24) is 24.9 Å². The molecule has 0 spiro atoms. The van der Waals surface area contributed by atoms with Crippen LogP contribution < -0.4 is 16.4 Å². The summed E-state index contributed by atoms with van der Waals surface area (Å²) in [5.41, 5.74) is 11.3. The van der Waals surface area contributed by atoms with E-state index in [1.165, 1.54) is 0 Å². The molecule has 5 rings (SSSR count). The summed E-state index contributed by atoms with van der Waals surface area (Å²) >= 11 is 0. The Labute approximate surface area is 172 Å². The minimum atomic E-state index is 0.228.